The van der Waals surface area contributed by atoms with Crippen LogP contribution in [-0.4, -0.2) is 45.3 Å². The number of amides is 4. The maximum absolute atomic E-state index is 12.4. The molecule has 0 saturated carbocycles. The Morgan fingerprint density at radius 3 is 2.86 bits per heavy atom. The molecule has 1 aliphatic heterocycles. The summed E-state index contributed by atoms with van der Waals surface area (Å²) in [4.78, 5) is 45.3. The van der Waals surface area contributed by atoms with Gasteiger partial charge in [0.05, 0.1) is 30.3 Å². The second kappa shape index (κ2) is 8.17. The van der Waals surface area contributed by atoms with E-state index in [0.29, 0.717) is 25.1 Å². The summed E-state index contributed by atoms with van der Waals surface area (Å²) in [6.45, 7) is 0.508. The van der Waals surface area contributed by atoms with Crippen molar-refractivity contribution in [3.05, 3.63) is 54.2 Å². The molecular formula is C20H21N5O4. The summed E-state index contributed by atoms with van der Waals surface area (Å²) in [6, 6.07) is 9.79. The predicted molar refractivity (Wildman–Crippen MR) is 104 cm³/mol. The molecule has 1 unspecified atom stereocenters. The Bertz CT molecular complexity index is 994. The first-order valence-electron chi connectivity index (χ1n) is 9.45. The Morgan fingerprint density at radius 1 is 1.21 bits per heavy atom. The number of aromatic nitrogens is 2. The second-order valence-electron chi connectivity index (χ2n) is 6.86. The zero-order valence-electron chi connectivity index (χ0n) is 15.7. The van der Waals surface area contributed by atoms with Crippen LogP contribution in [0.1, 0.15) is 24.4 Å². The van der Waals surface area contributed by atoms with Crippen molar-refractivity contribution in [3.8, 4) is 0 Å². The smallest absolute Gasteiger partial charge is 0.325 e. The number of nitrogens with zero attached hydrogens (tertiary/aromatic N) is 2. The lowest BCUT2D eigenvalue weighted by Crippen LogP contribution is -2.36. The molecule has 1 fully saturated rings. The molecule has 3 N–H and O–H groups in total. The molecule has 1 aromatic carbocycles. The van der Waals surface area contributed by atoms with E-state index >= 15 is 0 Å². The van der Waals surface area contributed by atoms with Crippen LogP contribution in [0.5, 0.6) is 0 Å². The maximum atomic E-state index is 12.4. The number of urea groups is 1. The van der Waals surface area contributed by atoms with Crippen molar-refractivity contribution in [1.29, 1.82) is 0 Å². The Kier molecular flexibility index (Phi) is 5.28. The summed E-state index contributed by atoms with van der Waals surface area (Å²) in [5.41, 5.74) is 1.90. The fourth-order valence-electron chi connectivity index (χ4n) is 3.29. The van der Waals surface area contributed by atoms with E-state index in [1.807, 2.05) is 24.3 Å². The first kappa shape index (κ1) is 18.7. The van der Waals surface area contributed by atoms with E-state index in [0.717, 1.165) is 21.8 Å². The highest BCUT2D eigenvalue weighted by Gasteiger charge is 2.39. The minimum atomic E-state index is -0.854. The summed E-state index contributed by atoms with van der Waals surface area (Å²) >= 11 is 0. The number of fused-ring (bicyclic) bond motifs is 1. The lowest BCUT2D eigenvalue weighted by Gasteiger charge is -2.11. The summed E-state index contributed by atoms with van der Waals surface area (Å²) in [7, 11) is 0. The van der Waals surface area contributed by atoms with E-state index in [4.69, 9.17) is 4.42 Å². The molecule has 9 nitrogen and oxygen atoms in total. The predicted octanol–water partition coefficient (Wildman–Crippen LogP) is 1.72. The molecule has 1 saturated heterocycles. The van der Waals surface area contributed by atoms with Crippen LogP contribution in [0.4, 0.5) is 4.79 Å². The number of para-hydroxylation sites is 2. The van der Waals surface area contributed by atoms with Crippen LogP contribution < -0.4 is 10.6 Å². The maximum Gasteiger partial charge on any atom is 0.325 e. The SMILES string of the molecule is O=C(CC1NC(=O)N(Cc2ccco2)C1=O)NCCCc1nc2ccccc2[nH]1. The van der Waals surface area contributed by atoms with E-state index in [2.05, 4.69) is 20.6 Å². The van der Waals surface area contributed by atoms with Gasteiger partial charge in [-0.05, 0) is 30.7 Å². The number of carbonyl (C=O) groups is 3. The Balaban J connectivity index is 1.21. The van der Waals surface area contributed by atoms with Crippen LogP contribution in [0, 0.1) is 0 Å². The molecule has 1 atom stereocenters. The fraction of sp³-hybridized carbons (Fsp3) is 0.300. The molecule has 0 aliphatic carbocycles. The number of rotatable bonds is 8. The molecule has 150 valence electrons. The molecule has 4 rings (SSSR count). The number of hydrogen-bond donors (Lipinski definition) is 3. The minimum absolute atomic E-state index is 0.0489. The van der Waals surface area contributed by atoms with E-state index in [-0.39, 0.29) is 18.9 Å². The topological polar surface area (TPSA) is 120 Å². The van der Waals surface area contributed by atoms with Gasteiger partial charge < -0.3 is 20.0 Å². The van der Waals surface area contributed by atoms with Gasteiger partial charge in [-0.3, -0.25) is 14.5 Å². The molecule has 4 amide bonds. The number of carbonyl (C=O) groups excluding carboxylic acids is 3. The molecule has 3 aromatic rings. The minimum Gasteiger partial charge on any atom is -0.467 e. The highest BCUT2D eigenvalue weighted by atomic mass is 16.3. The lowest BCUT2D eigenvalue weighted by molar-refractivity contribution is -0.131. The zero-order valence-corrected chi connectivity index (χ0v) is 15.7. The third kappa shape index (κ3) is 4.29. The van der Waals surface area contributed by atoms with E-state index in [1.165, 1.54) is 6.26 Å². The fourth-order valence-corrected chi connectivity index (χ4v) is 3.29. The number of H-pyrrole nitrogens is 1. The number of furan rings is 1. The van der Waals surface area contributed by atoms with Crippen LogP contribution in [0.2, 0.25) is 0 Å². The molecule has 0 bridgehead atoms. The Labute approximate surface area is 166 Å². The van der Waals surface area contributed by atoms with Crippen molar-refractivity contribution >= 4 is 28.9 Å². The van der Waals surface area contributed by atoms with Gasteiger partial charge in [-0.25, -0.2) is 9.78 Å². The number of imidazole rings is 1. The van der Waals surface area contributed by atoms with Gasteiger partial charge >= 0.3 is 6.03 Å². The third-order valence-corrected chi connectivity index (χ3v) is 4.74. The first-order valence-corrected chi connectivity index (χ1v) is 9.45. The number of aromatic amines is 1. The van der Waals surface area contributed by atoms with E-state index < -0.39 is 18.0 Å². The molecule has 2 aromatic heterocycles. The quantitative estimate of drug-likeness (QED) is 0.396. The Morgan fingerprint density at radius 2 is 2.07 bits per heavy atom. The van der Waals surface area contributed by atoms with E-state index in [1.54, 1.807) is 12.1 Å². The lowest BCUT2D eigenvalue weighted by atomic mass is 10.2. The highest BCUT2D eigenvalue weighted by Crippen LogP contribution is 2.14. The van der Waals surface area contributed by atoms with Crippen LogP contribution in [0.3, 0.4) is 0 Å². The van der Waals surface area contributed by atoms with Crippen LogP contribution in [-0.2, 0) is 22.6 Å². The van der Waals surface area contributed by atoms with Gasteiger partial charge in [0, 0.05) is 13.0 Å². The highest BCUT2D eigenvalue weighted by molar-refractivity contribution is 6.05. The van der Waals surface area contributed by atoms with Crippen LogP contribution in [0.15, 0.2) is 47.1 Å². The second-order valence-corrected chi connectivity index (χ2v) is 6.86. The van der Waals surface area contributed by atoms with E-state index in [9.17, 15) is 14.4 Å². The van der Waals surface area contributed by atoms with Gasteiger partial charge in [0.25, 0.3) is 5.91 Å². The average Bonchev–Trinajstić information content (AvgIpc) is 3.42. The van der Waals surface area contributed by atoms with Crippen LogP contribution >= 0.6 is 0 Å². The molecule has 0 spiro atoms. The normalized spacial score (nSPS) is 16.4. The van der Waals surface area contributed by atoms with Crippen molar-refractivity contribution in [2.75, 3.05) is 6.54 Å². The number of imide groups is 1. The van der Waals surface area contributed by atoms with Crippen molar-refractivity contribution < 1.29 is 18.8 Å². The number of nitrogens with one attached hydrogen (secondary N) is 3. The van der Waals surface area contributed by atoms with Gasteiger partial charge in [0.2, 0.25) is 5.91 Å². The summed E-state index contributed by atoms with van der Waals surface area (Å²) in [6.07, 6.45) is 2.79. The average molecular weight is 395 g/mol. The first-order chi connectivity index (χ1) is 14.1. The number of benzene rings is 1. The zero-order chi connectivity index (χ0) is 20.2. The van der Waals surface area contributed by atoms with Crippen LogP contribution in [0.25, 0.3) is 11.0 Å². The van der Waals surface area contributed by atoms with Gasteiger partial charge in [-0.15, -0.1) is 0 Å². The molecular weight excluding hydrogens is 374 g/mol. The van der Waals surface area contributed by atoms with Crippen molar-refractivity contribution in [1.82, 2.24) is 25.5 Å². The number of aryl methyl sites for hydroxylation is 1. The van der Waals surface area contributed by atoms with Gasteiger partial charge in [-0.2, -0.15) is 0 Å². The molecule has 29 heavy (non-hydrogen) atoms. The molecule has 9 heteroatoms. The number of hydrogen-bond acceptors (Lipinski definition) is 5. The van der Waals surface area contributed by atoms with Gasteiger partial charge in [0.1, 0.15) is 17.6 Å². The van der Waals surface area contributed by atoms with Crippen molar-refractivity contribution in [3.63, 3.8) is 0 Å². The Hall–Kier alpha value is -3.62. The monoisotopic (exact) mass is 395 g/mol. The van der Waals surface area contributed by atoms with Crippen molar-refractivity contribution in [2.24, 2.45) is 0 Å². The standard InChI is InChI=1S/C20H21N5O4/c26-18(21-9-3-8-17-22-14-6-1-2-7-15(14)23-17)11-16-19(27)25(20(28)24-16)12-13-5-4-10-29-13/h1-2,4-7,10,16H,3,8-9,11-12H2,(H,21,26)(H,22,23)(H,24,28). The molecule has 3 heterocycles. The summed E-state index contributed by atoms with van der Waals surface area (Å²) in [5.74, 6) is 0.661. The van der Waals surface area contributed by atoms with Crippen molar-refractivity contribution in [2.45, 2.75) is 31.8 Å². The molecule has 1 aliphatic rings. The largest absolute Gasteiger partial charge is 0.467 e. The van der Waals surface area contributed by atoms with Gasteiger partial charge in [-0.1, -0.05) is 12.1 Å². The summed E-state index contributed by atoms with van der Waals surface area (Å²) in [5, 5.41) is 5.34. The molecule has 0 radical (unpaired) electrons. The third-order valence-electron chi connectivity index (χ3n) is 4.74. The summed E-state index contributed by atoms with van der Waals surface area (Å²) < 4.78 is 5.17. The van der Waals surface area contributed by atoms with Gasteiger partial charge in [0.15, 0.2) is 0 Å².